The summed E-state index contributed by atoms with van der Waals surface area (Å²) < 4.78 is 0. The number of rotatable bonds is 2. The molecule has 1 aliphatic rings. The van der Waals surface area contributed by atoms with Crippen LogP contribution in [-0.4, -0.2) is 40.2 Å². The van der Waals surface area contributed by atoms with Crippen molar-refractivity contribution < 1.29 is 14.8 Å². The minimum atomic E-state index is -0.561. The summed E-state index contributed by atoms with van der Waals surface area (Å²) in [5.41, 5.74) is 0.165. The number of carbonyl (C=O) groups is 1. The highest BCUT2D eigenvalue weighted by Crippen LogP contribution is 2.27. The first kappa shape index (κ1) is 13.6. The predicted octanol–water partition coefficient (Wildman–Crippen LogP) is 1.85. The SMILES string of the molecule is O=C(Nc1ccc([N+](=O)[O-])cc1Cl)N1CC[C@H](O)C1. The lowest BCUT2D eigenvalue weighted by Crippen LogP contribution is -2.33. The van der Waals surface area contributed by atoms with Gasteiger partial charge >= 0.3 is 6.03 Å². The van der Waals surface area contributed by atoms with E-state index in [0.717, 1.165) is 0 Å². The normalized spacial score (nSPS) is 18.4. The molecule has 2 amide bonds. The number of likely N-dealkylation sites (tertiary alicyclic amines) is 1. The van der Waals surface area contributed by atoms with Gasteiger partial charge in [0.15, 0.2) is 0 Å². The van der Waals surface area contributed by atoms with Crippen LogP contribution in [0.5, 0.6) is 0 Å². The van der Waals surface area contributed by atoms with Crippen molar-refractivity contribution in [3.05, 3.63) is 33.3 Å². The van der Waals surface area contributed by atoms with Crippen molar-refractivity contribution in [1.82, 2.24) is 4.90 Å². The van der Waals surface area contributed by atoms with Gasteiger partial charge < -0.3 is 15.3 Å². The van der Waals surface area contributed by atoms with Crippen LogP contribution in [0.4, 0.5) is 16.2 Å². The van der Waals surface area contributed by atoms with Gasteiger partial charge in [-0.05, 0) is 12.5 Å². The van der Waals surface area contributed by atoms with E-state index in [4.69, 9.17) is 11.6 Å². The third kappa shape index (κ3) is 3.12. The number of nitrogens with zero attached hydrogens (tertiary/aromatic N) is 2. The lowest BCUT2D eigenvalue weighted by molar-refractivity contribution is -0.384. The molecule has 8 heteroatoms. The smallest absolute Gasteiger partial charge is 0.321 e. The molecule has 1 aliphatic heterocycles. The number of nitrogens with one attached hydrogen (secondary N) is 1. The summed E-state index contributed by atoms with van der Waals surface area (Å²) >= 11 is 5.87. The highest BCUT2D eigenvalue weighted by atomic mass is 35.5. The van der Waals surface area contributed by atoms with Gasteiger partial charge in [0.1, 0.15) is 0 Å². The topological polar surface area (TPSA) is 95.7 Å². The molecule has 0 radical (unpaired) electrons. The second-order valence-electron chi connectivity index (χ2n) is 4.24. The van der Waals surface area contributed by atoms with Gasteiger partial charge in [-0.1, -0.05) is 11.6 Å². The molecule has 19 heavy (non-hydrogen) atoms. The number of amides is 2. The van der Waals surface area contributed by atoms with Crippen molar-refractivity contribution in [2.75, 3.05) is 18.4 Å². The second kappa shape index (κ2) is 5.41. The van der Waals surface area contributed by atoms with Gasteiger partial charge in [-0.25, -0.2) is 4.79 Å². The Morgan fingerprint density at radius 1 is 1.58 bits per heavy atom. The summed E-state index contributed by atoms with van der Waals surface area (Å²) in [4.78, 5) is 23.3. The minimum Gasteiger partial charge on any atom is -0.391 e. The quantitative estimate of drug-likeness (QED) is 0.640. The number of carbonyl (C=O) groups excluding carboxylic acids is 1. The van der Waals surface area contributed by atoms with Gasteiger partial charge in [-0.15, -0.1) is 0 Å². The molecule has 0 aromatic heterocycles. The molecule has 1 aromatic rings. The summed E-state index contributed by atoms with van der Waals surface area (Å²) in [6, 6.07) is 3.44. The van der Waals surface area contributed by atoms with Gasteiger partial charge in [0, 0.05) is 25.2 Å². The Labute approximate surface area is 113 Å². The van der Waals surface area contributed by atoms with Crippen molar-refractivity contribution in [2.24, 2.45) is 0 Å². The van der Waals surface area contributed by atoms with Crippen molar-refractivity contribution in [2.45, 2.75) is 12.5 Å². The first-order chi connectivity index (χ1) is 8.97. The molecular weight excluding hydrogens is 274 g/mol. The minimum absolute atomic E-state index is 0.0993. The third-order valence-electron chi connectivity index (χ3n) is 2.86. The lowest BCUT2D eigenvalue weighted by atomic mass is 10.3. The number of non-ortho nitro benzene ring substituents is 1. The third-order valence-corrected chi connectivity index (χ3v) is 3.17. The van der Waals surface area contributed by atoms with E-state index in [0.29, 0.717) is 18.7 Å². The number of hydrogen-bond donors (Lipinski definition) is 2. The molecule has 7 nitrogen and oxygen atoms in total. The summed E-state index contributed by atoms with van der Waals surface area (Å²) in [5, 5.41) is 22.6. The Morgan fingerprint density at radius 3 is 2.84 bits per heavy atom. The van der Waals surface area contributed by atoms with Gasteiger partial charge in [0.05, 0.1) is 21.7 Å². The summed E-state index contributed by atoms with van der Waals surface area (Å²) in [6.07, 6.45) is 0.0413. The molecule has 1 fully saturated rings. The lowest BCUT2D eigenvalue weighted by Gasteiger charge is -2.16. The number of nitro groups is 1. The van der Waals surface area contributed by atoms with Crippen molar-refractivity contribution in [3.63, 3.8) is 0 Å². The first-order valence-corrected chi connectivity index (χ1v) is 6.03. The van der Waals surface area contributed by atoms with E-state index >= 15 is 0 Å². The molecule has 0 saturated carbocycles. The Balaban J connectivity index is 2.07. The monoisotopic (exact) mass is 285 g/mol. The summed E-state index contributed by atoms with van der Waals surface area (Å²) in [7, 11) is 0. The number of benzene rings is 1. The van der Waals surface area contributed by atoms with E-state index in [9.17, 15) is 20.0 Å². The second-order valence-corrected chi connectivity index (χ2v) is 4.65. The molecule has 0 unspecified atom stereocenters. The molecule has 0 bridgehead atoms. The molecular formula is C11H12ClN3O4. The largest absolute Gasteiger partial charge is 0.391 e. The molecule has 1 heterocycles. The summed E-state index contributed by atoms with van der Waals surface area (Å²) in [5.74, 6) is 0. The zero-order valence-electron chi connectivity index (χ0n) is 9.88. The zero-order chi connectivity index (χ0) is 14.0. The van der Waals surface area contributed by atoms with Crippen LogP contribution in [0.15, 0.2) is 18.2 Å². The maximum Gasteiger partial charge on any atom is 0.321 e. The van der Waals surface area contributed by atoms with E-state index < -0.39 is 11.0 Å². The number of aliphatic hydroxyl groups is 1. The van der Waals surface area contributed by atoms with Crippen LogP contribution in [0.3, 0.4) is 0 Å². The average Bonchev–Trinajstić information content (AvgIpc) is 2.78. The fourth-order valence-corrected chi connectivity index (χ4v) is 2.06. The molecule has 0 aliphatic carbocycles. The number of anilines is 1. The van der Waals surface area contributed by atoms with Crippen LogP contribution in [0.25, 0.3) is 0 Å². The number of urea groups is 1. The van der Waals surface area contributed by atoms with E-state index in [1.807, 2.05) is 0 Å². The fraction of sp³-hybridized carbons (Fsp3) is 0.364. The number of hydrogen-bond acceptors (Lipinski definition) is 4. The molecule has 1 aromatic carbocycles. The number of halogens is 1. The summed E-state index contributed by atoms with van der Waals surface area (Å²) in [6.45, 7) is 0.744. The maximum absolute atomic E-state index is 11.8. The van der Waals surface area contributed by atoms with Crippen molar-refractivity contribution in [3.8, 4) is 0 Å². The van der Waals surface area contributed by atoms with E-state index in [1.165, 1.54) is 23.1 Å². The number of nitro benzene ring substituents is 1. The Bertz CT molecular complexity index is 523. The van der Waals surface area contributed by atoms with Crippen molar-refractivity contribution in [1.29, 1.82) is 0 Å². The first-order valence-electron chi connectivity index (χ1n) is 5.65. The van der Waals surface area contributed by atoms with Gasteiger partial charge in [-0.2, -0.15) is 0 Å². The van der Waals surface area contributed by atoms with E-state index in [-0.39, 0.29) is 23.3 Å². The zero-order valence-corrected chi connectivity index (χ0v) is 10.6. The van der Waals surface area contributed by atoms with Crippen molar-refractivity contribution >= 4 is 29.0 Å². The molecule has 2 N–H and O–H groups in total. The Morgan fingerprint density at radius 2 is 2.32 bits per heavy atom. The van der Waals surface area contributed by atoms with Crippen LogP contribution in [-0.2, 0) is 0 Å². The van der Waals surface area contributed by atoms with E-state index in [1.54, 1.807) is 0 Å². The highest BCUT2D eigenvalue weighted by molar-refractivity contribution is 6.33. The average molecular weight is 286 g/mol. The Hall–Kier alpha value is -1.86. The molecule has 2 rings (SSSR count). The fourth-order valence-electron chi connectivity index (χ4n) is 1.84. The molecule has 1 atom stereocenters. The van der Waals surface area contributed by atoms with Crippen LogP contribution in [0.1, 0.15) is 6.42 Å². The number of β-amino-alcohol motifs (C(OH)–C–C–N with tert-alkyl or cyclic N) is 1. The Kier molecular flexibility index (Phi) is 3.87. The van der Waals surface area contributed by atoms with Crippen LogP contribution in [0, 0.1) is 10.1 Å². The van der Waals surface area contributed by atoms with Crippen LogP contribution < -0.4 is 5.32 Å². The molecule has 102 valence electrons. The van der Waals surface area contributed by atoms with E-state index in [2.05, 4.69) is 5.32 Å². The van der Waals surface area contributed by atoms with Crippen LogP contribution in [0.2, 0.25) is 5.02 Å². The maximum atomic E-state index is 11.8. The van der Waals surface area contributed by atoms with Gasteiger partial charge in [0.2, 0.25) is 0 Å². The molecule has 0 spiro atoms. The van der Waals surface area contributed by atoms with Gasteiger partial charge in [-0.3, -0.25) is 10.1 Å². The van der Waals surface area contributed by atoms with Gasteiger partial charge in [0.25, 0.3) is 5.69 Å². The standard InChI is InChI=1S/C11H12ClN3O4/c12-9-5-7(15(18)19)1-2-10(9)13-11(17)14-4-3-8(16)6-14/h1-2,5,8,16H,3-4,6H2,(H,13,17)/t8-/m0/s1. The van der Waals surface area contributed by atoms with Crippen LogP contribution >= 0.6 is 11.6 Å². The number of aliphatic hydroxyl groups excluding tert-OH is 1. The predicted molar refractivity (Wildman–Crippen MR) is 69.3 cm³/mol. The molecule has 1 saturated heterocycles. The highest BCUT2D eigenvalue weighted by Gasteiger charge is 2.25.